The molecule has 0 atom stereocenters. The molecule has 2 aromatic rings. The van der Waals surface area contributed by atoms with E-state index < -0.39 is 10.0 Å². The summed E-state index contributed by atoms with van der Waals surface area (Å²) in [6.07, 6.45) is 1.11. The van der Waals surface area contributed by atoms with E-state index in [1.807, 2.05) is 0 Å². The molecule has 1 N–H and O–H groups in total. The van der Waals surface area contributed by atoms with Crippen LogP contribution in [0.1, 0.15) is 15.9 Å². The van der Waals surface area contributed by atoms with Gasteiger partial charge in [0, 0.05) is 24.4 Å². The summed E-state index contributed by atoms with van der Waals surface area (Å²) in [7, 11) is 1.07. The third-order valence-corrected chi connectivity index (χ3v) is 5.14. The number of carbonyl (C=O) groups is 1. The number of nitrogens with zero attached hydrogens (tertiary/aromatic N) is 1. The zero-order chi connectivity index (χ0) is 19.5. The molecular formula is C18H22N2O5S. The Morgan fingerprint density at radius 1 is 1.04 bits per heavy atom. The fraction of sp³-hybridized carbons (Fsp3) is 0.278. The van der Waals surface area contributed by atoms with Crippen molar-refractivity contribution in [2.45, 2.75) is 6.92 Å². The molecule has 0 bridgehead atoms. The third kappa shape index (κ3) is 4.26. The number of hydrogen-bond acceptors (Lipinski definition) is 5. The minimum atomic E-state index is -3.43. The highest BCUT2D eigenvalue weighted by Gasteiger charge is 2.17. The van der Waals surface area contributed by atoms with Gasteiger partial charge in [-0.25, -0.2) is 8.42 Å². The lowest BCUT2D eigenvalue weighted by Gasteiger charge is -2.20. The maximum Gasteiger partial charge on any atom is 0.255 e. The molecule has 8 heteroatoms. The van der Waals surface area contributed by atoms with Gasteiger partial charge in [0.1, 0.15) is 0 Å². The van der Waals surface area contributed by atoms with Crippen LogP contribution in [0.15, 0.2) is 36.4 Å². The maximum atomic E-state index is 12.6. The monoisotopic (exact) mass is 378 g/mol. The topological polar surface area (TPSA) is 84.9 Å². The van der Waals surface area contributed by atoms with Crippen LogP contribution in [-0.4, -0.2) is 41.8 Å². The minimum absolute atomic E-state index is 0.343. The van der Waals surface area contributed by atoms with Gasteiger partial charge in [-0.15, -0.1) is 0 Å². The van der Waals surface area contributed by atoms with E-state index in [1.165, 1.54) is 21.3 Å². The highest BCUT2D eigenvalue weighted by atomic mass is 32.2. The van der Waals surface area contributed by atoms with Crippen molar-refractivity contribution in [3.05, 3.63) is 47.5 Å². The summed E-state index contributed by atoms with van der Waals surface area (Å²) in [6, 6.07) is 9.93. The average molecular weight is 378 g/mol. The number of aryl methyl sites for hydroxylation is 1. The number of methoxy groups -OCH3 is 2. The van der Waals surface area contributed by atoms with E-state index in [-0.39, 0.29) is 5.91 Å². The Morgan fingerprint density at radius 2 is 1.69 bits per heavy atom. The van der Waals surface area contributed by atoms with Crippen LogP contribution < -0.4 is 19.1 Å². The van der Waals surface area contributed by atoms with E-state index in [1.54, 1.807) is 43.3 Å². The normalized spacial score (nSPS) is 11.0. The Morgan fingerprint density at radius 3 is 2.27 bits per heavy atom. The molecule has 0 spiro atoms. The Bertz CT molecular complexity index is 925. The Balaban J connectivity index is 2.31. The van der Waals surface area contributed by atoms with Crippen LogP contribution in [0.5, 0.6) is 11.5 Å². The SMILES string of the molecule is COc1ccc(NC(=O)c2ccc(C)c(N(C)S(C)(=O)=O)c2)cc1OC. The van der Waals surface area contributed by atoms with Gasteiger partial charge in [0.05, 0.1) is 26.2 Å². The van der Waals surface area contributed by atoms with Crippen LogP contribution in [0.4, 0.5) is 11.4 Å². The highest BCUT2D eigenvalue weighted by Crippen LogP contribution is 2.30. The molecule has 2 rings (SSSR count). The average Bonchev–Trinajstić information content (AvgIpc) is 2.60. The van der Waals surface area contributed by atoms with Crippen molar-refractivity contribution >= 4 is 27.3 Å². The molecule has 0 aromatic heterocycles. The number of amides is 1. The first-order valence-corrected chi connectivity index (χ1v) is 9.60. The molecule has 0 aliphatic carbocycles. The van der Waals surface area contributed by atoms with E-state index >= 15 is 0 Å². The van der Waals surface area contributed by atoms with Crippen molar-refractivity contribution in [3.8, 4) is 11.5 Å². The number of sulfonamides is 1. The van der Waals surface area contributed by atoms with Crippen molar-refractivity contribution in [3.63, 3.8) is 0 Å². The number of benzene rings is 2. The molecule has 0 aliphatic heterocycles. The smallest absolute Gasteiger partial charge is 0.255 e. The lowest BCUT2D eigenvalue weighted by molar-refractivity contribution is 0.102. The van der Waals surface area contributed by atoms with E-state index in [4.69, 9.17) is 9.47 Å². The molecule has 0 unspecified atom stereocenters. The summed E-state index contributed by atoms with van der Waals surface area (Å²) in [5.41, 5.74) is 2.08. The Labute approximate surface area is 153 Å². The van der Waals surface area contributed by atoms with Crippen LogP contribution in [0.3, 0.4) is 0 Å². The summed E-state index contributed by atoms with van der Waals surface area (Å²) in [5.74, 6) is 0.685. The number of ether oxygens (including phenoxy) is 2. The number of rotatable bonds is 6. The van der Waals surface area contributed by atoms with Gasteiger partial charge in [-0.1, -0.05) is 6.07 Å². The minimum Gasteiger partial charge on any atom is -0.493 e. The standard InChI is InChI=1S/C18H22N2O5S/c1-12-6-7-13(10-15(12)20(2)26(5,22)23)18(21)19-14-8-9-16(24-3)17(11-14)25-4/h6-11H,1-5H3,(H,19,21). The maximum absolute atomic E-state index is 12.6. The van der Waals surface area contributed by atoms with Gasteiger partial charge in [0.15, 0.2) is 11.5 Å². The molecular weight excluding hydrogens is 356 g/mol. The number of anilines is 2. The third-order valence-electron chi connectivity index (χ3n) is 3.95. The highest BCUT2D eigenvalue weighted by molar-refractivity contribution is 7.92. The predicted octanol–water partition coefficient (Wildman–Crippen LogP) is 2.66. The summed E-state index contributed by atoms with van der Waals surface area (Å²) in [5, 5.41) is 2.77. The quantitative estimate of drug-likeness (QED) is 0.835. The molecule has 0 radical (unpaired) electrons. The second kappa shape index (κ2) is 7.65. The van der Waals surface area contributed by atoms with Crippen molar-refractivity contribution in [2.75, 3.05) is 37.1 Å². The lowest BCUT2D eigenvalue weighted by Crippen LogP contribution is -2.26. The molecule has 140 valence electrons. The van der Waals surface area contributed by atoms with E-state index in [0.29, 0.717) is 28.4 Å². The van der Waals surface area contributed by atoms with E-state index in [9.17, 15) is 13.2 Å². The Kier molecular flexibility index (Phi) is 5.76. The van der Waals surface area contributed by atoms with E-state index in [0.717, 1.165) is 16.1 Å². The van der Waals surface area contributed by atoms with Crippen LogP contribution in [0, 0.1) is 6.92 Å². The largest absolute Gasteiger partial charge is 0.493 e. The summed E-state index contributed by atoms with van der Waals surface area (Å²) >= 11 is 0. The van der Waals surface area contributed by atoms with Crippen molar-refractivity contribution in [2.24, 2.45) is 0 Å². The van der Waals surface area contributed by atoms with Gasteiger partial charge in [-0.3, -0.25) is 9.10 Å². The van der Waals surface area contributed by atoms with Gasteiger partial charge in [0.25, 0.3) is 5.91 Å². The van der Waals surface area contributed by atoms with Gasteiger partial charge >= 0.3 is 0 Å². The molecule has 2 aromatic carbocycles. The molecule has 0 fully saturated rings. The zero-order valence-corrected chi connectivity index (χ0v) is 16.2. The second-order valence-corrected chi connectivity index (χ2v) is 7.77. The van der Waals surface area contributed by atoms with Crippen LogP contribution >= 0.6 is 0 Å². The fourth-order valence-electron chi connectivity index (χ4n) is 2.39. The Hall–Kier alpha value is -2.74. The lowest BCUT2D eigenvalue weighted by atomic mass is 10.1. The molecule has 0 aliphatic rings. The number of carbonyl (C=O) groups excluding carboxylic acids is 1. The zero-order valence-electron chi connectivity index (χ0n) is 15.4. The van der Waals surface area contributed by atoms with Crippen LogP contribution in [0.25, 0.3) is 0 Å². The fourth-order valence-corrected chi connectivity index (χ4v) is 2.94. The first-order valence-electron chi connectivity index (χ1n) is 7.75. The molecule has 1 amide bonds. The molecule has 0 heterocycles. The summed E-state index contributed by atoms with van der Waals surface area (Å²) in [4.78, 5) is 12.6. The molecule has 7 nitrogen and oxygen atoms in total. The van der Waals surface area contributed by atoms with Crippen LogP contribution in [0.2, 0.25) is 0 Å². The van der Waals surface area contributed by atoms with Gasteiger partial charge in [-0.05, 0) is 36.8 Å². The van der Waals surface area contributed by atoms with Crippen LogP contribution in [-0.2, 0) is 10.0 Å². The molecule has 26 heavy (non-hydrogen) atoms. The summed E-state index contributed by atoms with van der Waals surface area (Å²) < 4.78 is 35.1. The second-order valence-electron chi connectivity index (χ2n) is 5.76. The van der Waals surface area contributed by atoms with E-state index in [2.05, 4.69) is 5.32 Å². The summed E-state index contributed by atoms with van der Waals surface area (Å²) in [6.45, 7) is 1.78. The number of nitrogens with one attached hydrogen (secondary N) is 1. The molecule has 0 saturated carbocycles. The van der Waals surface area contributed by atoms with Crippen molar-refractivity contribution < 1.29 is 22.7 Å². The van der Waals surface area contributed by atoms with Crippen molar-refractivity contribution in [1.82, 2.24) is 0 Å². The predicted molar refractivity (Wildman–Crippen MR) is 102 cm³/mol. The van der Waals surface area contributed by atoms with Gasteiger partial charge in [0.2, 0.25) is 10.0 Å². The molecule has 0 saturated heterocycles. The van der Waals surface area contributed by atoms with Gasteiger partial charge in [-0.2, -0.15) is 0 Å². The first-order chi connectivity index (χ1) is 12.2. The van der Waals surface area contributed by atoms with Gasteiger partial charge < -0.3 is 14.8 Å². The first kappa shape index (κ1) is 19.6. The van der Waals surface area contributed by atoms with Crippen molar-refractivity contribution in [1.29, 1.82) is 0 Å². The number of hydrogen-bond donors (Lipinski definition) is 1.